The van der Waals surface area contributed by atoms with Gasteiger partial charge in [0.25, 0.3) is 0 Å². The monoisotopic (exact) mass is 287 g/mol. The number of primary amides is 1. The minimum atomic E-state index is -0.880. The summed E-state index contributed by atoms with van der Waals surface area (Å²) in [6, 6.07) is 13.4. The average molecular weight is 287 g/mol. The molecule has 1 atom stereocenters. The SMILES string of the molecule is CNC(CSc1ccncc1)(C(N)=O)c1ccccc1. The molecule has 0 aliphatic heterocycles. The van der Waals surface area contributed by atoms with Crippen molar-refractivity contribution in [3.8, 4) is 0 Å². The van der Waals surface area contributed by atoms with Gasteiger partial charge in [-0.15, -0.1) is 11.8 Å². The molecule has 0 aliphatic rings. The van der Waals surface area contributed by atoms with Gasteiger partial charge in [0.1, 0.15) is 5.54 Å². The van der Waals surface area contributed by atoms with Crippen LogP contribution in [0.1, 0.15) is 5.56 Å². The van der Waals surface area contributed by atoms with Crippen molar-refractivity contribution in [2.45, 2.75) is 10.4 Å². The van der Waals surface area contributed by atoms with E-state index in [9.17, 15) is 4.79 Å². The van der Waals surface area contributed by atoms with Gasteiger partial charge in [-0.3, -0.25) is 9.78 Å². The van der Waals surface area contributed by atoms with E-state index in [2.05, 4.69) is 10.3 Å². The summed E-state index contributed by atoms with van der Waals surface area (Å²) in [5, 5.41) is 3.09. The lowest BCUT2D eigenvalue weighted by molar-refractivity contribution is -0.123. The molecule has 0 saturated heterocycles. The van der Waals surface area contributed by atoms with Crippen molar-refractivity contribution in [3.63, 3.8) is 0 Å². The molecule has 5 heteroatoms. The third-order valence-electron chi connectivity index (χ3n) is 3.22. The first-order chi connectivity index (χ1) is 9.69. The molecule has 1 aromatic heterocycles. The normalized spacial score (nSPS) is 13.7. The van der Waals surface area contributed by atoms with Crippen LogP contribution >= 0.6 is 11.8 Å². The summed E-state index contributed by atoms with van der Waals surface area (Å²) in [5.74, 6) is 0.139. The molecular formula is C15H17N3OS. The van der Waals surface area contributed by atoms with Gasteiger partial charge in [-0.1, -0.05) is 30.3 Å². The molecule has 0 fully saturated rings. The Balaban J connectivity index is 2.26. The van der Waals surface area contributed by atoms with E-state index in [1.807, 2.05) is 42.5 Å². The number of likely N-dealkylation sites (N-methyl/N-ethyl adjacent to an activating group) is 1. The lowest BCUT2D eigenvalue weighted by atomic mass is 9.91. The second-order valence-corrected chi connectivity index (χ2v) is 5.41. The van der Waals surface area contributed by atoms with Crippen LogP contribution in [0, 0.1) is 0 Å². The molecule has 104 valence electrons. The van der Waals surface area contributed by atoms with Crippen molar-refractivity contribution in [2.75, 3.05) is 12.8 Å². The van der Waals surface area contributed by atoms with E-state index in [0.29, 0.717) is 5.75 Å². The van der Waals surface area contributed by atoms with Crippen LogP contribution in [0.4, 0.5) is 0 Å². The highest BCUT2D eigenvalue weighted by Gasteiger charge is 2.36. The third kappa shape index (κ3) is 3.00. The number of carbonyl (C=O) groups excluding carboxylic acids is 1. The van der Waals surface area contributed by atoms with Gasteiger partial charge in [0.15, 0.2) is 0 Å². The summed E-state index contributed by atoms with van der Waals surface area (Å²) in [4.78, 5) is 17.0. The molecule has 1 heterocycles. The second-order valence-electron chi connectivity index (χ2n) is 4.36. The smallest absolute Gasteiger partial charge is 0.243 e. The highest BCUT2D eigenvalue weighted by molar-refractivity contribution is 7.99. The number of nitrogens with zero attached hydrogens (tertiary/aromatic N) is 1. The minimum absolute atomic E-state index is 0.382. The molecule has 0 radical (unpaired) electrons. The number of amides is 1. The van der Waals surface area contributed by atoms with E-state index in [1.54, 1.807) is 31.2 Å². The van der Waals surface area contributed by atoms with Crippen LogP contribution in [0.3, 0.4) is 0 Å². The number of nitrogens with two attached hydrogens (primary N) is 1. The Hall–Kier alpha value is -1.85. The van der Waals surface area contributed by atoms with Crippen molar-refractivity contribution < 1.29 is 4.79 Å². The Morgan fingerprint density at radius 1 is 1.25 bits per heavy atom. The Labute approximate surface area is 122 Å². The minimum Gasteiger partial charge on any atom is -0.368 e. The zero-order valence-corrected chi connectivity index (χ0v) is 12.1. The number of aromatic nitrogens is 1. The number of benzene rings is 1. The number of hydrogen-bond donors (Lipinski definition) is 2. The van der Waals surface area contributed by atoms with Crippen molar-refractivity contribution in [2.24, 2.45) is 5.73 Å². The summed E-state index contributed by atoms with van der Waals surface area (Å²) in [5.41, 5.74) is 5.64. The van der Waals surface area contributed by atoms with Crippen molar-refractivity contribution in [3.05, 3.63) is 60.4 Å². The van der Waals surface area contributed by atoms with Gasteiger partial charge < -0.3 is 11.1 Å². The Kier molecular flexibility index (Phi) is 4.76. The maximum atomic E-state index is 12.0. The molecule has 0 saturated carbocycles. The summed E-state index contributed by atoms with van der Waals surface area (Å²) in [7, 11) is 1.75. The van der Waals surface area contributed by atoms with Gasteiger partial charge in [-0.25, -0.2) is 0 Å². The van der Waals surface area contributed by atoms with Gasteiger partial charge in [0, 0.05) is 23.0 Å². The molecule has 1 amide bonds. The van der Waals surface area contributed by atoms with Gasteiger partial charge >= 0.3 is 0 Å². The molecule has 1 aromatic carbocycles. The van der Waals surface area contributed by atoms with Crippen molar-refractivity contribution in [1.82, 2.24) is 10.3 Å². The first kappa shape index (κ1) is 14.6. The standard InChI is InChI=1S/C15H17N3OS/c1-17-15(14(16)19,12-5-3-2-4-6-12)11-20-13-7-9-18-10-8-13/h2-10,17H,11H2,1H3,(H2,16,19). The summed E-state index contributed by atoms with van der Waals surface area (Å²) in [6.45, 7) is 0. The van der Waals surface area contributed by atoms with Gasteiger partial charge in [0.05, 0.1) is 0 Å². The number of thioether (sulfide) groups is 1. The van der Waals surface area contributed by atoms with E-state index >= 15 is 0 Å². The number of carbonyl (C=O) groups is 1. The summed E-state index contributed by atoms with van der Waals surface area (Å²) >= 11 is 1.57. The maximum Gasteiger partial charge on any atom is 0.243 e. The highest BCUT2D eigenvalue weighted by atomic mass is 32.2. The van der Waals surface area contributed by atoms with Crippen LogP contribution < -0.4 is 11.1 Å². The van der Waals surface area contributed by atoms with Crippen LogP contribution in [0.25, 0.3) is 0 Å². The van der Waals surface area contributed by atoms with Crippen LogP contribution in [-0.2, 0) is 10.3 Å². The molecule has 0 bridgehead atoms. The van der Waals surface area contributed by atoms with Crippen LogP contribution in [0.2, 0.25) is 0 Å². The number of nitrogens with one attached hydrogen (secondary N) is 1. The van der Waals surface area contributed by atoms with E-state index in [1.165, 1.54) is 0 Å². The Morgan fingerprint density at radius 2 is 1.90 bits per heavy atom. The Morgan fingerprint density at radius 3 is 2.45 bits per heavy atom. The summed E-state index contributed by atoms with van der Waals surface area (Å²) in [6.07, 6.45) is 3.46. The van der Waals surface area contributed by atoms with E-state index in [-0.39, 0.29) is 5.91 Å². The molecule has 2 rings (SSSR count). The molecule has 20 heavy (non-hydrogen) atoms. The molecule has 0 aliphatic carbocycles. The average Bonchev–Trinajstić information content (AvgIpc) is 2.50. The maximum absolute atomic E-state index is 12.0. The van der Waals surface area contributed by atoms with Crippen molar-refractivity contribution >= 4 is 17.7 Å². The van der Waals surface area contributed by atoms with Crippen LogP contribution in [0.5, 0.6) is 0 Å². The van der Waals surface area contributed by atoms with Crippen LogP contribution in [-0.4, -0.2) is 23.7 Å². The molecule has 0 spiro atoms. The quantitative estimate of drug-likeness (QED) is 0.795. The molecular weight excluding hydrogens is 270 g/mol. The molecule has 1 unspecified atom stereocenters. The van der Waals surface area contributed by atoms with E-state index in [4.69, 9.17) is 5.73 Å². The number of hydrogen-bond acceptors (Lipinski definition) is 4. The van der Waals surface area contributed by atoms with Gasteiger partial charge in [0.2, 0.25) is 5.91 Å². The van der Waals surface area contributed by atoms with Crippen LogP contribution in [0.15, 0.2) is 59.8 Å². The third-order valence-corrected chi connectivity index (χ3v) is 4.40. The largest absolute Gasteiger partial charge is 0.368 e. The zero-order chi connectivity index (χ0) is 14.4. The topological polar surface area (TPSA) is 68.0 Å². The van der Waals surface area contributed by atoms with Gasteiger partial charge in [-0.05, 0) is 24.7 Å². The zero-order valence-electron chi connectivity index (χ0n) is 11.2. The predicted octanol–water partition coefficient (Wildman–Crippen LogP) is 1.77. The second kappa shape index (κ2) is 6.54. The number of rotatable bonds is 6. The number of pyridine rings is 1. The highest BCUT2D eigenvalue weighted by Crippen LogP contribution is 2.29. The first-order valence-corrected chi connectivity index (χ1v) is 7.25. The lowest BCUT2D eigenvalue weighted by Gasteiger charge is -2.30. The first-order valence-electron chi connectivity index (χ1n) is 6.26. The molecule has 3 N–H and O–H groups in total. The Bertz CT molecular complexity index is 562. The van der Waals surface area contributed by atoms with Gasteiger partial charge in [-0.2, -0.15) is 0 Å². The van der Waals surface area contributed by atoms with E-state index < -0.39 is 5.54 Å². The fraction of sp³-hybridized carbons (Fsp3) is 0.200. The predicted molar refractivity (Wildman–Crippen MR) is 81.3 cm³/mol. The fourth-order valence-corrected chi connectivity index (χ4v) is 3.14. The molecule has 4 nitrogen and oxygen atoms in total. The fourth-order valence-electron chi connectivity index (χ4n) is 1.99. The van der Waals surface area contributed by atoms with Crippen molar-refractivity contribution in [1.29, 1.82) is 0 Å². The van der Waals surface area contributed by atoms with E-state index in [0.717, 1.165) is 10.5 Å². The molecule has 2 aromatic rings. The lowest BCUT2D eigenvalue weighted by Crippen LogP contribution is -2.53. The summed E-state index contributed by atoms with van der Waals surface area (Å²) < 4.78 is 0.